The van der Waals surface area contributed by atoms with Crippen LogP contribution in [-0.4, -0.2) is 82.6 Å². The normalized spacial score (nSPS) is 45.5. The summed E-state index contributed by atoms with van der Waals surface area (Å²) in [4.78, 5) is 1.82. The fraction of sp³-hybridized carbons (Fsp3) is 1.00. The second kappa shape index (κ2) is 10.3. The third-order valence-corrected chi connectivity index (χ3v) is 8.58. The van der Waals surface area contributed by atoms with Crippen molar-refractivity contribution < 1.29 is 25.2 Å². The number of unbranched alkanes of at least 4 members (excludes halogenated alkanes) is 2. The standard InChI is InChI=1S/C23H41NO5.ClH/c1-24-18(20(26)22(28)21(27)19(24)13-25)5-3-2-4-6-29-14-23-10-15-7-16(11-23)9-17(8-15)12-23;/h15-22,25-28H,2-14H2,1H3;1H/t15?,16?,17?,18-,19+,20-,21+,22+,23?;/m0./s1. The Hall–Kier alpha value is 0.0500. The van der Waals surface area contributed by atoms with E-state index in [0.29, 0.717) is 5.41 Å². The van der Waals surface area contributed by atoms with Gasteiger partial charge < -0.3 is 25.2 Å². The zero-order valence-corrected chi connectivity index (χ0v) is 19.2. The first-order valence-electron chi connectivity index (χ1n) is 11.9. The third kappa shape index (κ3) is 5.00. The van der Waals surface area contributed by atoms with Crippen molar-refractivity contribution in [1.82, 2.24) is 4.90 Å². The number of likely N-dealkylation sites (tertiary alicyclic amines) is 1. The van der Waals surface area contributed by atoms with Gasteiger partial charge in [-0.15, -0.1) is 12.4 Å². The Labute approximate surface area is 187 Å². The predicted octanol–water partition coefficient (Wildman–Crippen LogP) is 1.96. The van der Waals surface area contributed by atoms with E-state index in [2.05, 4.69) is 0 Å². The number of rotatable bonds is 9. The minimum atomic E-state index is -1.20. The van der Waals surface area contributed by atoms with Crippen LogP contribution in [0.3, 0.4) is 0 Å². The van der Waals surface area contributed by atoms with Gasteiger partial charge in [-0.05, 0) is 81.6 Å². The summed E-state index contributed by atoms with van der Waals surface area (Å²) in [6, 6.07) is -0.763. The maximum Gasteiger partial charge on any atom is 0.109 e. The van der Waals surface area contributed by atoms with Crippen molar-refractivity contribution in [2.45, 2.75) is 94.6 Å². The van der Waals surface area contributed by atoms with Crippen molar-refractivity contribution in [3.05, 3.63) is 0 Å². The van der Waals surface area contributed by atoms with E-state index in [1.165, 1.54) is 38.5 Å². The third-order valence-electron chi connectivity index (χ3n) is 8.58. The molecule has 1 aliphatic heterocycles. The van der Waals surface area contributed by atoms with Crippen molar-refractivity contribution in [2.75, 3.05) is 26.9 Å². The minimum absolute atomic E-state index is 0. The summed E-state index contributed by atoms with van der Waals surface area (Å²) in [5.74, 6) is 2.92. The zero-order chi connectivity index (χ0) is 20.6. The second-order valence-corrected chi connectivity index (χ2v) is 10.8. The highest BCUT2D eigenvalue weighted by molar-refractivity contribution is 5.85. The number of halogens is 1. The molecule has 5 aliphatic rings. The van der Waals surface area contributed by atoms with Crippen LogP contribution in [0.5, 0.6) is 0 Å². The smallest absolute Gasteiger partial charge is 0.109 e. The van der Waals surface area contributed by atoms with E-state index in [1.807, 2.05) is 4.90 Å². The fourth-order valence-electron chi connectivity index (χ4n) is 7.49. The number of likely N-dealkylation sites (N-methyl/N-ethyl adjacent to an activating group) is 1. The maximum atomic E-state index is 10.3. The molecule has 4 saturated carbocycles. The molecule has 1 saturated heterocycles. The Morgan fingerprint density at radius 3 is 1.97 bits per heavy atom. The summed E-state index contributed by atoms with van der Waals surface area (Å²) in [6.45, 7) is 1.53. The maximum absolute atomic E-state index is 10.3. The van der Waals surface area contributed by atoms with Gasteiger partial charge in [0.2, 0.25) is 0 Å². The minimum Gasteiger partial charge on any atom is -0.395 e. The van der Waals surface area contributed by atoms with Crippen LogP contribution in [0.2, 0.25) is 0 Å². The molecule has 0 aromatic carbocycles. The molecule has 5 atom stereocenters. The number of nitrogens with zero attached hydrogens (tertiary/aromatic N) is 1. The van der Waals surface area contributed by atoms with Crippen LogP contribution in [0.25, 0.3) is 0 Å². The van der Waals surface area contributed by atoms with Crippen molar-refractivity contribution in [3.63, 3.8) is 0 Å². The monoisotopic (exact) mass is 447 g/mol. The van der Waals surface area contributed by atoms with Crippen molar-refractivity contribution >= 4 is 12.4 Å². The topological polar surface area (TPSA) is 93.4 Å². The summed E-state index contributed by atoms with van der Waals surface area (Å²) in [5, 5.41) is 39.9. The lowest BCUT2D eigenvalue weighted by Crippen LogP contribution is -2.66. The molecule has 0 spiro atoms. The largest absolute Gasteiger partial charge is 0.395 e. The molecule has 30 heavy (non-hydrogen) atoms. The lowest BCUT2D eigenvalue weighted by atomic mass is 9.50. The highest BCUT2D eigenvalue weighted by Gasteiger charge is 2.51. The Morgan fingerprint density at radius 2 is 1.40 bits per heavy atom. The van der Waals surface area contributed by atoms with E-state index < -0.39 is 24.4 Å². The van der Waals surface area contributed by atoms with Crippen LogP contribution in [-0.2, 0) is 4.74 Å². The van der Waals surface area contributed by atoms with Gasteiger partial charge in [0.25, 0.3) is 0 Å². The SMILES string of the molecule is CN1[C@H](CO)[C@@H](O)[C@H](O)[C@@H](O)[C@@H]1CCCCCOCC12CC3CC(CC(C3)C1)C2.Cl. The lowest BCUT2D eigenvalue weighted by Gasteiger charge is -2.56. The summed E-state index contributed by atoms with van der Waals surface area (Å²) in [5.41, 5.74) is 0.486. The van der Waals surface area contributed by atoms with Gasteiger partial charge in [-0.25, -0.2) is 0 Å². The highest BCUT2D eigenvalue weighted by Crippen LogP contribution is 2.60. The van der Waals surface area contributed by atoms with Crippen LogP contribution >= 0.6 is 12.4 Å². The van der Waals surface area contributed by atoms with Gasteiger partial charge in [0, 0.05) is 12.6 Å². The number of hydrogen-bond acceptors (Lipinski definition) is 6. The van der Waals surface area contributed by atoms with Crippen LogP contribution in [0, 0.1) is 23.2 Å². The van der Waals surface area contributed by atoms with Gasteiger partial charge in [-0.1, -0.05) is 12.8 Å². The first-order valence-corrected chi connectivity index (χ1v) is 11.9. The molecular weight excluding hydrogens is 406 g/mol. The molecule has 4 N–H and O–H groups in total. The molecule has 0 amide bonds. The van der Waals surface area contributed by atoms with Crippen LogP contribution < -0.4 is 0 Å². The Balaban J connectivity index is 0.00000256. The van der Waals surface area contributed by atoms with Crippen molar-refractivity contribution in [3.8, 4) is 0 Å². The molecule has 0 radical (unpaired) electrons. The molecule has 1 heterocycles. The predicted molar refractivity (Wildman–Crippen MR) is 118 cm³/mol. The van der Waals surface area contributed by atoms with E-state index in [4.69, 9.17) is 4.74 Å². The Morgan fingerprint density at radius 1 is 0.833 bits per heavy atom. The van der Waals surface area contributed by atoms with Crippen molar-refractivity contribution in [2.24, 2.45) is 23.2 Å². The molecule has 5 fully saturated rings. The summed E-state index contributed by atoms with van der Waals surface area (Å²) in [6.07, 6.45) is 9.04. The molecule has 0 aromatic rings. The summed E-state index contributed by atoms with van der Waals surface area (Å²) < 4.78 is 6.15. The van der Waals surface area contributed by atoms with E-state index in [1.54, 1.807) is 7.05 Å². The molecule has 0 aromatic heterocycles. The van der Waals surface area contributed by atoms with E-state index in [-0.39, 0.29) is 25.1 Å². The van der Waals surface area contributed by atoms with E-state index in [9.17, 15) is 20.4 Å². The van der Waals surface area contributed by atoms with Gasteiger partial charge in [0.1, 0.15) is 12.2 Å². The first-order chi connectivity index (χ1) is 13.9. The molecule has 4 bridgehead atoms. The van der Waals surface area contributed by atoms with Gasteiger partial charge in [0.05, 0.1) is 25.4 Å². The number of aliphatic hydroxyl groups is 4. The van der Waals surface area contributed by atoms with Gasteiger partial charge >= 0.3 is 0 Å². The summed E-state index contributed by atoms with van der Waals surface area (Å²) in [7, 11) is 1.80. The van der Waals surface area contributed by atoms with Gasteiger partial charge in [-0.2, -0.15) is 0 Å². The molecule has 0 unspecified atom stereocenters. The van der Waals surface area contributed by atoms with Crippen molar-refractivity contribution in [1.29, 1.82) is 0 Å². The average Bonchev–Trinajstić information content (AvgIpc) is 2.67. The Bertz CT molecular complexity index is 514. The Kier molecular flexibility index (Phi) is 8.50. The van der Waals surface area contributed by atoms with Crippen LogP contribution in [0.15, 0.2) is 0 Å². The molecule has 7 heteroatoms. The molecule has 5 rings (SSSR count). The fourth-order valence-corrected chi connectivity index (χ4v) is 7.49. The van der Waals surface area contributed by atoms with Crippen LogP contribution in [0.1, 0.15) is 64.2 Å². The molecule has 4 aliphatic carbocycles. The molecule has 6 nitrogen and oxygen atoms in total. The highest BCUT2D eigenvalue weighted by atomic mass is 35.5. The lowest BCUT2D eigenvalue weighted by molar-refractivity contribution is -0.165. The van der Waals surface area contributed by atoms with Crippen LogP contribution in [0.4, 0.5) is 0 Å². The zero-order valence-electron chi connectivity index (χ0n) is 18.4. The van der Waals surface area contributed by atoms with E-state index >= 15 is 0 Å². The quantitative estimate of drug-likeness (QED) is 0.404. The molecular formula is C23H42ClNO5. The number of ether oxygens (including phenoxy) is 1. The average molecular weight is 448 g/mol. The summed E-state index contributed by atoms with van der Waals surface area (Å²) >= 11 is 0. The number of piperidine rings is 1. The number of hydrogen-bond donors (Lipinski definition) is 4. The first kappa shape index (κ1) is 24.7. The van der Waals surface area contributed by atoms with Gasteiger partial charge in [-0.3, -0.25) is 4.90 Å². The second-order valence-electron chi connectivity index (χ2n) is 10.8. The molecule has 176 valence electrons. The van der Waals surface area contributed by atoms with E-state index in [0.717, 1.165) is 56.7 Å². The van der Waals surface area contributed by atoms with Gasteiger partial charge in [0.15, 0.2) is 0 Å². The number of aliphatic hydroxyl groups excluding tert-OH is 4.